The van der Waals surface area contributed by atoms with Crippen LogP contribution >= 0.6 is 0 Å². The summed E-state index contributed by atoms with van der Waals surface area (Å²) >= 11 is 0. The van der Waals surface area contributed by atoms with Gasteiger partial charge in [-0.3, -0.25) is 0 Å². The molecular weight excluding hydrogens is 210 g/mol. The Bertz CT molecular complexity index is 247. The van der Waals surface area contributed by atoms with E-state index in [-0.39, 0.29) is 0 Å². The molecule has 4 heteroatoms. The highest BCUT2D eigenvalue weighted by Crippen LogP contribution is 2.07. The van der Waals surface area contributed by atoms with Crippen molar-refractivity contribution in [3.63, 3.8) is 0 Å². The molecular formula is C11H25NO2S. The monoisotopic (exact) mass is 235 g/mol. The molecule has 0 bridgehead atoms. The lowest BCUT2D eigenvalue weighted by Gasteiger charge is -2.12. The first-order valence-electron chi connectivity index (χ1n) is 5.69. The molecule has 0 spiro atoms. The first kappa shape index (κ1) is 14.9. The van der Waals surface area contributed by atoms with E-state index in [9.17, 15) is 8.42 Å². The predicted octanol–water partition coefficient (Wildman–Crippen LogP) is 1.69. The van der Waals surface area contributed by atoms with Crippen LogP contribution in [0.25, 0.3) is 0 Å². The minimum atomic E-state index is -2.78. The van der Waals surface area contributed by atoms with E-state index in [1.165, 1.54) is 6.26 Å². The normalized spacial score (nSPS) is 14.5. The van der Waals surface area contributed by atoms with Gasteiger partial charge in [-0.2, -0.15) is 0 Å². The third-order valence-corrected chi connectivity index (χ3v) is 3.33. The van der Waals surface area contributed by atoms with Gasteiger partial charge in [0.1, 0.15) is 9.84 Å². The first-order chi connectivity index (χ1) is 6.81. The van der Waals surface area contributed by atoms with Crippen molar-refractivity contribution in [3.05, 3.63) is 0 Å². The summed E-state index contributed by atoms with van der Waals surface area (Å²) in [6.45, 7) is 8.50. The number of hydrogen-bond donors (Lipinski definition) is 1. The van der Waals surface area contributed by atoms with E-state index < -0.39 is 9.84 Å². The van der Waals surface area contributed by atoms with Gasteiger partial charge in [-0.1, -0.05) is 20.8 Å². The summed E-state index contributed by atoms with van der Waals surface area (Å²) in [5.74, 6) is 1.48. The smallest absolute Gasteiger partial charge is 0.147 e. The molecule has 3 nitrogen and oxygen atoms in total. The summed E-state index contributed by atoms with van der Waals surface area (Å²) < 4.78 is 21.9. The lowest BCUT2D eigenvalue weighted by molar-refractivity contribution is 0.465. The summed E-state index contributed by atoms with van der Waals surface area (Å²) in [7, 11) is -2.78. The van der Waals surface area contributed by atoms with Crippen LogP contribution in [-0.4, -0.2) is 33.5 Å². The highest BCUT2D eigenvalue weighted by atomic mass is 32.2. The SMILES string of the molecule is CC(C)CNCCC(C)CCS(C)(=O)=O. The van der Waals surface area contributed by atoms with Gasteiger partial charge >= 0.3 is 0 Å². The van der Waals surface area contributed by atoms with Crippen molar-refractivity contribution < 1.29 is 8.42 Å². The Morgan fingerprint density at radius 1 is 1.13 bits per heavy atom. The Kier molecular flexibility index (Phi) is 7.18. The third kappa shape index (κ3) is 11.8. The Morgan fingerprint density at radius 3 is 2.20 bits per heavy atom. The van der Waals surface area contributed by atoms with Gasteiger partial charge in [-0.05, 0) is 37.8 Å². The summed E-state index contributed by atoms with van der Waals surface area (Å²) in [6, 6.07) is 0. The van der Waals surface area contributed by atoms with Crippen molar-refractivity contribution in [2.45, 2.75) is 33.6 Å². The van der Waals surface area contributed by atoms with Crippen LogP contribution in [0, 0.1) is 11.8 Å². The standard InChI is InChI=1S/C11H25NO2S/c1-10(2)9-12-7-5-11(3)6-8-15(4,13)14/h10-12H,5-9H2,1-4H3. The molecule has 0 aromatic carbocycles. The summed E-state index contributed by atoms with van der Waals surface area (Å²) in [5, 5.41) is 3.36. The Balaban J connectivity index is 3.46. The second-order valence-electron chi connectivity index (χ2n) is 4.91. The average Bonchev–Trinajstić information content (AvgIpc) is 2.07. The molecule has 0 amide bonds. The van der Waals surface area contributed by atoms with E-state index in [0.29, 0.717) is 17.6 Å². The quantitative estimate of drug-likeness (QED) is 0.651. The Hall–Kier alpha value is -0.0900. The molecule has 0 saturated heterocycles. The van der Waals surface area contributed by atoms with Crippen molar-refractivity contribution in [1.29, 1.82) is 0 Å². The zero-order valence-corrected chi connectivity index (χ0v) is 11.2. The molecule has 0 rings (SSSR count). The van der Waals surface area contributed by atoms with Gasteiger partial charge in [0.05, 0.1) is 5.75 Å². The number of sulfone groups is 1. The van der Waals surface area contributed by atoms with E-state index >= 15 is 0 Å². The first-order valence-corrected chi connectivity index (χ1v) is 7.75. The van der Waals surface area contributed by atoms with E-state index in [0.717, 1.165) is 25.9 Å². The average molecular weight is 235 g/mol. The fourth-order valence-corrected chi connectivity index (χ4v) is 2.13. The topological polar surface area (TPSA) is 46.2 Å². The summed E-state index contributed by atoms with van der Waals surface area (Å²) in [5.41, 5.74) is 0. The minimum Gasteiger partial charge on any atom is -0.316 e. The second-order valence-corrected chi connectivity index (χ2v) is 7.17. The van der Waals surface area contributed by atoms with E-state index in [4.69, 9.17) is 0 Å². The van der Waals surface area contributed by atoms with E-state index in [1.54, 1.807) is 0 Å². The maximum Gasteiger partial charge on any atom is 0.147 e. The van der Waals surface area contributed by atoms with Gasteiger partial charge in [-0.15, -0.1) is 0 Å². The lowest BCUT2D eigenvalue weighted by atomic mass is 10.1. The molecule has 0 radical (unpaired) electrons. The molecule has 0 saturated carbocycles. The van der Waals surface area contributed by atoms with Crippen LogP contribution in [0.15, 0.2) is 0 Å². The molecule has 92 valence electrons. The van der Waals surface area contributed by atoms with Gasteiger partial charge in [0.25, 0.3) is 0 Å². The van der Waals surface area contributed by atoms with Crippen molar-refractivity contribution in [3.8, 4) is 0 Å². The molecule has 15 heavy (non-hydrogen) atoms. The van der Waals surface area contributed by atoms with Crippen LogP contribution < -0.4 is 5.32 Å². The van der Waals surface area contributed by atoms with Gasteiger partial charge in [0, 0.05) is 6.26 Å². The van der Waals surface area contributed by atoms with Crippen LogP contribution in [0.5, 0.6) is 0 Å². The zero-order chi connectivity index (χ0) is 11.9. The van der Waals surface area contributed by atoms with Gasteiger partial charge < -0.3 is 5.32 Å². The highest BCUT2D eigenvalue weighted by Gasteiger charge is 2.07. The van der Waals surface area contributed by atoms with Gasteiger partial charge in [0.2, 0.25) is 0 Å². The van der Waals surface area contributed by atoms with E-state index in [2.05, 4.69) is 26.1 Å². The number of rotatable bonds is 8. The van der Waals surface area contributed by atoms with Crippen LogP contribution in [0.4, 0.5) is 0 Å². The van der Waals surface area contributed by atoms with Crippen molar-refractivity contribution in [2.24, 2.45) is 11.8 Å². The van der Waals surface area contributed by atoms with E-state index in [1.807, 2.05) is 0 Å². The largest absolute Gasteiger partial charge is 0.316 e. The number of hydrogen-bond acceptors (Lipinski definition) is 3. The molecule has 0 heterocycles. The van der Waals surface area contributed by atoms with Gasteiger partial charge in [-0.25, -0.2) is 8.42 Å². The fourth-order valence-electron chi connectivity index (χ4n) is 1.30. The van der Waals surface area contributed by atoms with Crippen LogP contribution in [0.3, 0.4) is 0 Å². The van der Waals surface area contributed by atoms with Crippen molar-refractivity contribution in [2.75, 3.05) is 25.1 Å². The fraction of sp³-hybridized carbons (Fsp3) is 1.00. The minimum absolute atomic E-state index is 0.318. The molecule has 0 aromatic heterocycles. The molecule has 0 aliphatic carbocycles. The second kappa shape index (κ2) is 7.23. The third-order valence-electron chi connectivity index (χ3n) is 2.35. The molecule has 0 fully saturated rings. The molecule has 0 aromatic rings. The number of nitrogens with one attached hydrogen (secondary N) is 1. The summed E-state index contributed by atoms with van der Waals surface area (Å²) in [6.07, 6.45) is 3.14. The molecule has 0 aliphatic heterocycles. The molecule has 1 atom stereocenters. The maximum atomic E-state index is 10.9. The van der Waals surface area contributed by atoms with Crippen LogP contribution in [-0.2, 0) is 9.84 Å². The van der Waals surface area contributed by atoms with Gasteiger partial charge in [0.15, 0.2) is 0 Å². The van der Waals surface area contributed by atoms with Crippen LogP contribution in [0.2, 0.25) is 0 Å². The predicted molar refractivity (Wildman–Crippen MR) is 65.8 cm³/mol. The van der Waals surface area contributed by atoms with Crippen LogP contribution in [0.1, 0.15) is 33.6 Å². The Morgan fingerprint density at radius 2 is 1.73 bits per heavy atom. The zero-order valence-electron chi connectivity index (χ0n) is 10.4. The Labute approximate surface area is 94.6 Å². The lowest BCUT2D eigenvalue weighted by Crippen LogP contribution is -2.22. The van der Waals surface area contributed by atoms with Crippen molar-refractivity contribution >= 4 is 9.84 Å². The van der Waals surface area contributed by atoms with Crippen molar-refractivity contribution in [1.82, 2.24) is 5.32 Å². The highest BCUT2D eigenvalue weighted by molar-refractivity contribution is 7.90. The molecule has 1 unspecified atom stereocenters. The molecule has 0 aliphatic rings. The molecule has 1 N–H and O–H groups in total. The summed E-state index contributed by atoms with van der Waals surface area (Å²) in [4.78, 5) is 0. The maximum absolute atomic E-state index is 10.9.